The SMILES string of the molecule is COc1cc(N2CC3(CC(c4nnc5n4-c4ccc(Cl)cc4CN(C4CC(C)(C(F)(F)F)C4)C5)C3)C2)c(F)cc1F. The molecule has 1 saturated heterocycles. The van der Waals surface area contributed by atoms with Crippen LogP contribution < -0.4 is 9.64 Å². The van der Waals surface area contributed by atoms with E-state index in [1.165, 1.54) is 20.1 Å². The maximum absolute atomic E-state index is 14.5. The Kier molecular flexibility index (Phi) is 5.94. The van der Waals surface area contributed by atoms with Gasteiger partial charge in [-0.3, -0.25) is 9.47 Å². The maximum Gasteiger partial charge on any atom is 0.394 e. The zero-order valence-corrected chi connectivity index (χ0v) is 23.4. The summed E-state index contributed by atoms with van der Waals surface area (Å²) in [5.41, 5.74) is 0.513. The Hall–Kier alpha value is -2.92. The number of halogens is 6. The molecule has 7 rings (SSSR count). The largest absolute Gasteiger partial charge is 0.494 e. The van der Waals surface area contributed by atoms with Crippen LogP contribution in [0.1, 0.15) is 55.7 Å². The summed E-state index contributed by atoms with van der Waals surface area (Å²) in [6, 6.07) is 7.67. The number of rotatable bonds is 4. The summed E-state index contributed by atoms with van der Waals surface area (Å²) in [5.74, 6) is 0.345. The van der Waals surface area contributed by atoms with Gasteiger partial charge in [0.05, 0.1) is 30.4 Å². The van der Waals surface area contributed by atoms with E-state index >= 15 is 0 Å². The van der Waals surface area contributed by atoms with Crippen molar-refractivity contribution in [3.8, 4) is 11.4 Å². The molecule has 12 heteroatoms. The molecule has 0 amide bonds. The van der Waals surface area contributed by atoms with E-state index in [1.54, 1.807) is 0 Å². The van der Waals surface area contributed by atoms with Crippen LogP contribution in [0.3, 0.4) is 0 Å². The molecule has 1 spiro atoms. The van der Waals surface area contributed by atoms with E-state index < -0.39 is 23.2 Å². The predicted molar refractivity (Wildman–Crippen MR) is 142 cm³/mol. The Morgan fingerprint density at radius 1 is 0.951 bits per heavy atom. The molecule has 0 radical (unpaired) electrons. The van der Waals surface area contributed by atoms with E-state index in [9.17, 15) is 22.0 Å². The van der Waals surface area contributed by atoms with Crippen molar-refractivity contribution in [2.24, 2.45) is 10.8 Å². The highest BCUT2D eigenvalue weighted by Gasteiger charge is 2.60. The minimum atomic E-state index is -4.23. The molecule has 3 heterocycles. The fourth-order valence-electron chi connectivity index (χ4n) is 7.32. The number of benzene rings is 2. The molecule has 2 saturated carbocycles. The molecule has 0 atom stereocenters. The molecule has 2 aliphatic carbocycles. The van der Waals surface area contributed by atoms with Gasteiger partial charge in [-0.2, -0.15) is 13.2 Å². The quantitative estimate of drug-likeness (QED) is 0.318. The van der Waals surface area contributed by atoms with E-state index in [4.69, 9.17) is 16.3 Å². The highest BCUT2D eigenvalue weighted by Crippen LogP contribution is 2.58. The lowest BCUT2D eigenvalue weighted by atomic mass is 9.57. The molecule has 0 unspecified atom stereocenters. The van der Waals surface area contributed by atoms with E-state index in [1.807, 2.05) is 23.1 Å². The van der Waals surface area contributed by atoms with Gasteiger partial charge in [0, 0.05) is 54.2 Å². The van der Waals surface area contributed by atoms with Gasteiger partial charge in [-0.15, -0.1) is 10.2 Å². The number of methoxy groups -OCH3 is 1. The van der Waals surface area contributed by atoms with Gasteiger partial charge >= 0.3 is 6.18 Å². The molecule has 218 valence electrons. The van der Waals surface area contributed by atoms with Gasteiger partial charge in [0.1, 0.15) is 11.6 Å². The number of ether oxygens (including phenoxy) is 1. The molecule has 1 aromatic heterocycles. The van der Waals surface area contributed by atoms with Crippen LogP contribution in [0, 0.1) is 22.5 Å². The van der Waals surface area contributed by atoms with Crippen LogP contribution in [-0.2, 0) is 13.1 Å². The van der Waals surface area contributed by atoms with Gasteiger partial charge in [-0.05, 0) is 49.4 Å². The Morgan fingerprint density at radius 2 is 1.68 bits per heavy atom. The molecule has 0 bridgehead atoms. The van der Waals surface area contributed by atoms with E-state index in [-0.39, 0.29) is 36.0 Å². The van der Waals surface area contributed by atoms with Crippen molar-refractivity contribution in [3.05, 3.63) is 64.2 Å². The average Bonchev–Trinajstić information content (AvgIpc) is 3.15. The predicted octanol–water partition coefficient (Wildman–Crippen LogP) is 6.64. The fourth-order valence-corrected chi connectivity index (χ4v) is 7.52. The highest BCUT2D eigenvalue weighted by molar-refractivity contribution is 6.30. The first-order chi connectivity index (χ1) is 19.4. The average molecular weight is 594 g/mol. The molecular weight excluding hydrogens is 565 g/mol. The Bertz CT molecular complexity index is 1520. The first-order valence-electron chi connectivity index (χ1n) is 13.7. The number of hydrogen-bond acceptors (Lipinski definition) is 5. The smallest absolute Gasteiger partial charge is 0.394 e. The number of aromatic nitrogens is 3. The van der Waals surface area contributed by atoms with Crippen molar-refractivity contribution in [2.75, 3.05) is 25.1 Å². The standard InChI is InChI=1S/C29H29ClF5N5O/c1-27(29(33,34)35)10-19(11-27)38-12-16-5-18(30)3-4-22(16)40-25(13-38)36-37-26(40)17-8-28(9-17)14-39(15-28)23-7-24(41-2)21(32)6-20(23)31/h3-7,17,19H,8-15H2,1-2H3. The van der Waals surface area contributed by atoms with Gasteiger partial charge in [0.15, 0.2) is 17.4 Å². The van der Waals surface area contributed by atoms with Crippen molar-refractivity contribution in [3.63, 3.8) is 0 Å². The zero-order chi connectivity index (χ0) is 28.9. The number of alkyl halides is 3. The summed E-state index contributed by atoms with van der Waals surface area (Å²) in [4.78, 5) is 3.97. The van der Waals surface area contributed by atoms with Gasteiger partial charge in [-0.1, -0.05) is 18.5 Å². The summed E-state index contributed by atoms with van der Waals surface area (Å²) in [6.45, 7) is 3.47. The lowest BCUT2D eigenvalue weighted by molar-refractivity contribution is -0.258. The number of nitrogens with zero attached hydrogens (tertiary/aromatic N) is 5. The van der Waals surface area contributed by atoms with Crippen molar-refractivity contribution in [1.82, 2.24) is 19.7 Å². The Balaban J connectivity index is 1.10. The molecule has 0 N–H and O–H groups in total. The lowest BCUT2D eigenvalue weighted by Crippen LogP contribution is -2.62. The van der Waals surface area contributed by atoms with Gasteiger partial charge in [0.25, 0.3) is 0 Å². The van der Waals surface area contributed by atoms with Gasteiger partial charge < -0.3 is 9.64 Å². The molecule has 4 aliphatic rings. The van der Waals surface area contributed by atoms with Crippen LogP contribution >= 0.6 is 11.6 Å². The fraction of sp³-hybridized carbons (Fsp3) is 0.517. The third kappa shape index (κ3) is 4.21. The summed E-state index contributed by atoms with van der Waals surface area (Å²) < 4.78 is 76.1. The monoisotopic (exact) mass is 593 g/mol. The minimum absolute atomic E-state index is 0.0118. The van der Waals surface area contributed by atoms with Crippen LogP contribution in [0.4, 0.5) is 27.6 Å². The topological polar surface area (TPSA) is 46.4 Å². The van der Waals surface area contributed by atoms with Crippen LogP contribution in [0.25, 0.3) is 5.69 Å². The minimum Gasteiger partial charge on any atom is -0.494 e. The first-order valence-corrected chi connectivity index (χ1v) is 14.1. The molecule has 2 aliphatic heterocycles. The molecular formula is C29H29ClF5N5O. The summed E-state index contributed by atoms with van der Waals surface area (Å²) in [7, 11) is 1.35. The van der Waals surface area contributed by atoms with E-state index in [0.717, 1.165) is 36.0 Å². The lowest BCUT2D eigenvalue weighted by Gasteiger charge is -2.59. The number of fused-ring (bicyclic) bond motifs is 3. The van der Waals surface area contributed by atoms with Gasteiger partial charge in [0.2, 0.25) is 0 Å². The first kappa shape index (κ1) is 26.9. The van der Waals surface area contributed by atoms with E-state index in [0.29, 0.717) is 42.7 Å². The molecule has 3 fully saturated rings. The molecule has 2 aromatic carbocycles. The second-order valence-corrected chi connectivity index (χ2v) is 12.9. The van der Waals surface area contributed by atoms with Crippen LogP contribution in [0.15, 0.2) is 30.3 Å². The second kappa shape index (κ2) is 9.04. The second-order valence-electron chi connectivity index (χ2n) is 12.5. The summed E-state index contributed by atoms with van der Waals surface area (Å²) in [5, 5.41) is 9.66. The van der Waals surface area contributed by atoms with Crippen LogP contribution in [-0.4, -0.2) is 52.1 Å². The van der Waals surface area contributed by atoms with Crippen LogP contribution in [0.2, 0.25) is 5.02 Å². The van der Waals surface area contributed by atoms with Gasteiger partial charge in [-0.25, -0.2) is 8.78 Å². The summed E-state index contributed by atoms with van der Waals surface area (Å²) in [6.07, 6.45) is -2.43. The Labute approximate surface area is 239 Å². The maximum atomic E-state index is 14.5. The summed E-state index contributed by atoms with van der Waals surface area (Å²) >= 11 is 6.35. The third-order valence-corrected chi connectivity index (χ3v) is 9.90. The molecule has 3 aromatic rings. The zero-order valence-electron chi connectivity index (χ0n) is 22.6. The normalized spacial score (nSPS) is 25.6. The number of anilines is 1. The highest BCUT2D eigenvalue weighted by atomic mass is 35.5. The van der Waals surface area contributed by atoms with Crippen molar-refractivity contribution in [1.29, 1.82) is 0 Å². The number of hydrogen-bond donors (Lipinski definition) is 0. The van der Waals surface area contributed by atoms with Crippen molar-refractivity contribution < 1.29 is 26.7 Å². The molecule has 6 nitrogen and oxygen atoms in total. The molecule has 41 heavy (non-hydrogen) atoms. The third-order valence-electron chi connectivity index (χ3n) is 9.67. The Morgan fingerprint density at radius 3 is 2.37 bits per heavy atom. The van der Waals surface area contributed by atoms with Crippen LogP contribution in [0.5, 0.6) is 5.75 Å². The van der Waals surface area contributed by atoms with E-state index in [2.05, 4.69) is 19.7 Å². The van der Waals surface area contributed by atoms with Crippen molar-refractivity contribution >= 4 is 17.3 Å². The van der Waals surface area contributed by atoms with Crippen molar-refractivity contribution in [2.45, 2.75) is 63.8 Å².